The molecule has 1 unspecified atom stereocenters. The van der Waals surface area contributed by atoms with Crippen LogP contribution in [0.4, 0.5) is 0 Å². The second kappa shape index (κ2) is 8.91. The van der Waals surface area contributed by atoms with Crippen molar-refractivity contribution < 1.29 is 19.0 Å². The van der Waals surface area contributed by atoms with Crippen molar-refractivity contribution in [3.05, 3.63) is 58.2 Å². The van der Waals surface area contributed by atoms with Crippen molar-refractivity contribution >= 4 is 5.97 Å². The summed E-state index contributed by atoms with van der Waals surface area (Å²) in [6.45, 7) is 7.80. The molecule has 1 aromatic carbocycles. The van der Waals surface area contributed by atoms with E-state index in [-0.39, 0.29) is 18.1 Å². The maximum Gasteiger partial charge on any atom is 0.338 e. The molecular formula is C21H25N3O4. The lowest BCUT2D eigenvalue weighted by Gasteiger charge is -2.28. The molecule has 1 fully saturated rings. The number of carbonyl (C=O) groups excluding carboxylic acids is 1. The summed E-state index contributed by atoms with van der Waals surface area (Å²) in [7, 11) is 0. The van der Waals surface area contributed by atoms with E-state index in [4.69, 9.17) is 19.9 Å². The first-order chi connectivity index (χ1) is 13.5. The van der Waals surface area contributed by atoms with E-state index >= 15 is 0 Å². The van der Waals surface area contributed by atoms with Crippen LogP contribution in [0.5, 0.6) is 0 Å². The molecule has 148 valence electrons. The highest BCUT2D eigenvalue weighted by molar-refractivity contribution is 5.92. The van der Waals surface area contributed by atoms with Gasteiger partial charge in [-0.2, -0.15) is 5.26 Å². The fraction of sp³-hybridized carbons (Fsp3) is 0.429. The Bertz CT molecular complexity index is 830. The smallest absolute Gasteiger partial charge is 0.338 e. The number of carbonyl (C=O) groups is 1. The first-order valence-electron chi connectivity index (χ1n) is 9.39. The number of morpholine rings is 1. The van der Waals surface area contributed by atoms with Crippen molar-refractivity contribution in [2.24, 2.45) is 5.73 Å². The summed E-state index contributed by atoms with van der Waals surface area (Å²) in [5.41, 5.74) is 8.42. The Kier molecular flexibility index (Phi) is 6.34. The van der Waals surface area contributed by atoms with Crippen LogP contribution in [0.2, 0.25) is 0 Å². The Hall–Kier alpha value is -2.82. The fourth-order valence-electron chi connectivity index (χ4n) is 3.52. The van der Waals surface area contributed by atoms with Crippen LogP contribution >= 0.6 is 0 Å². The van der Waals surface area contributed by atoms with E-state index in [1.165, 1.54) is 0 Å². The maximum atomic E-state index is 12.5. The quantitative estimate of drug-likeness (QED) is 0.778. The molecular weight excluding hydrogens is 358 g/mol. The number of nitrogens with two attached hydrogens (primary N) is 1. The van der Waals surface area contributed by atoms with Crippen LogP contribution in [0.25, 0.3) is 0 Å². The van der Waals surface area contributed by atoms with Crippen molar-refractivity contribution in [3.63, 3.8) is 0 Å². The van der Waals surface area contributed by atoms with Gasteiger partial charge in [-0.05, 0) is 25.0 Å². The number of hydrogen-bond donors (Lipinski definition) is 1. The molecule has 0 saturated carbocycles. The highest BCUT2D eigenvalue weighted by Gasteiger charge is 2.36. The topological polar surface area (TPSA) is 97.8 Å². The molecule has 1 atom stereocenters. The lowest BCUT2D eigenvalue weighted by atomic mass is 9.83. The van der Waals surface area contributed by atoms with E-state index in [1.54, 1.807) is 13.8 Å². The normalized spacial score (nSPS) is 20.5. The number of ether oxygens (including phenoxy) is 3. The molecule has 0 aromatic heterocycles. The number of rotatable bonds is 5. The third kappa shape index (κ3) is 4.19. The highest BCUT2D eigenvalue weighted by Crippen LogP contribution is 2.39. The molecule has 28 heavy (non-hydrogen) atoms. The van der Waals surface area contributed by atoms with Crippen molar-refractivity contribution in [1.82, 2.24) is 4.90 Å². The first kappa shape index (κ1) is 19.9. The zero-order chi connectivity index (χ0) is 20.1. The monoisotopic (exact) mass is 383 g/mol. The summed E-state index contributed by atoms with van der Waals surface area (Å²) >= 11 is 0. The average molecular weight is 383 g/mol. The second-order valence-electron chi connectivity index (χ2n) is 6.75. The number of nitrogens with zero attached hydrogens (tertiary/aromatic N) is 2. The Morgan fingerprint density at radius 2 is 2.00 bits per heavy atom. The van der Waals surface area contributed by atoms with Crippen LogP contribution in [0, 0.1) is 11.3 Å². The van der Waals surface area contributed by atoms with Gasteiger partial charge in [0.2, 0.25) is 5.88 Å². The molecule has 7 heteroatoms. The van der Waals surface area contributed by atoms with Crippen LogP contribution in [0.15, 0.2) is 47.1 Å². The summed E-state index contributed by atoms with van der Waals surface area (Å²) < 4.78 is 16.0. The minimum absolute atomic E-state index is 0.0236. The SMILES string of the molecule is CCOC(=O)C1=C(C)OC(N)=C(C#N)C1c1ccc(CN2CCOCC2)cc1. The van der Waals surface area contributed by atoms with Crippen LogP contribution in [-0.4, -0.2) is 43.8 Å². The Morgan fingerprint density at radius 3 is 2.61 bits per heavy atom. The summed E-state index contributed by atoms with van der Waals surface area (Å²) in [4.78, 5) is 14.9. The van der Waals surface area contributed by atoms with Crippen molar-refractivity contribution in [3.8, 4) is 6.07 Å². The van der Waals surface area contributed by atoms with E-state index in [9.17, 15) is 10.1 Å². The van der Waals surface area contributed by atoms with Crippen molar-refractivity contribution in [2.75, 3.05) is 32.9 Å². The molecule has 0 radical (unpaired) electrons. The third-order valence-electron chi connectivity index (χ3n) is 4.92. The van der Waals surface area contributed by atoms with Crippen molar-refractivity contribution in [1.29, 1.82) is 5.26 Å². The molecule has 3 rings (SSSR count). The summed E-state index contributed by atoms with van der Waals surface area (Å²) in [6, 6.07) is 10.00. The van der Waals surface area contributed by atoms with Gasteiger partial charge >= 0.3 is 5.97 Å². The van der Waals surface area contributed by atoms with Gasteiger partial charge in [-0.15, -0.1) is 0 Å². The van der Waals surface area contributed by atoms with Crippen molar-refractivity contribution in [2.45, 2.75) is 26.3 Å². The molecule has 0 amide bonds. The molecule has 0 bridgehead atoms. The maximum absolute atomic E-state index is 12.5. The van der Waals surface area contributed by atoms with Gasteiger partial charge in [0.25, 0.3) is 0 Å². The number of esters is 1. The molecule has 2 N–H and O–H groups in total. The van der Waals surface area contributed by atoms with E-state index in [0.717, 1.165) is 44.0 Å². The van der Waals surface area contributed by atoms with Crippen LogP contribution in [0.3, 0.4) is 0 Å². The fourth-order valence-corrected chi connectivity index (χ4v) is 3.52. The van der Waals surface area contributed by atoms with Gasteiger partial charge in [-0.3, -0.25) is 4.90 Å². The zero-order valence-electron chi connectivity index (χ0n) is 16.2. The lowest BCUT2D eigenvalue weighted by molar-refractivity contribution is -0.139. The molecule has 1 aromatic rings. The Balaban J connectivity index is 1.89. The van der Waals surface area contributed by atoms with Crippen LogP contribution in [-0.2, 0) is 25.5 Å². The minimum atomic E-state index is -0.602. The van der Waals surface area contributed by atoms with Gasteiger partial charge in [0, 0.05) is 19.6 Å². The molecule has 1 saturated heterocycles. The second-order valence-corrected chi connectivity index (χ2v) is 6.75. The first-order valence-corrected chi connectivity index (χ1v) is 9.39. The van der Waals surface area contributed by atoms with Crippen LogP contribution < -0.4 is 5.73 Å². The zero-order valence-corrected chi connectivity index (χ0v) is 16.2. The standard InChI is InChI=1S/C21H25N3O4/c1-3-27-21(25)18-14(2)28-20(23)17(12-22)19(18)16-6-4-15(5-7-16)13-24-8-10-26-11-9-24/h4-7,19H,3,8-11,13,23H2,1-2H3. The van der Waals surface area contributed by atoms with Gasteiger partial charge in [-0.25, -0.2) is 4.79 Å². The Labute approximate surface area is 165 Å². The lowest BCUT2D eigenvalue weighted by Crippen LogP contribution is -2.35. The number of allylic oxidation sites excluding steroid dienone is 2. The van der Waals surface area contributed by atoms with Gasteiger partial charge in [0.15, 0.2) is 0 Å². The molecule has 2 heterocycles. The number of benzene rings is 1. The van der Waals surface area contributed by atoms with Gasteiger partial charge in [-0.1, -0.05) is 24.3 Å². The summed E-state index contributed by atoms with van der Waals surface area (Å²) in [5.74, 6) is -0.717. The Morgan fingerprint density at radius 1 is 1.32 bits per heavy atom. The molecule has 2 aliphatic rings. The number of hydrogen-bond acceptors (Lipinski definition) is 7. The van der Waals surface area contributed by atoms with E-state index in [2.05, 4.69) is 11.0 Å². The van der Waals surface area contributed by atoms with Gasteiger partial charge < -0.3 is 19.9 Å². The average Bonchev–Trinajstić information content (AvgIpc) is 2.69. The molecule has 2 aliphatic heterocycles. The highest BCUT2D eigenvalue weighted by atomic mass is 16.5. The van der Waals surface area contributed by atoms with Crippen LogP contribution in [0.1, 0.15) is 30.9 Å². The summed E-state index contributed by atoms with van der Waals surface area (Å²) in [5, 5.41) is 9.62. The predicted octanol–water partition coefficient (Wildman–Crippen LogP) is 2.16. The number of nitriles is 1. The largest absolute Gasteiger partial charge is 0.463 e. The molecule has 7 nitrogen and oxygen atoms in total. The summed E-state index contributed by atoms with van der Waals surface area (Å²) in [6.07, 6.45) is 0. The van der Waals surface area contributed by atoms with E-state index in [1.807, 2.05) is 24.3 Å². The van der Waals surface area contributed by atoms with E-state index in [0.29, 0.717) is 11.3 Å². The van der Waals surface area contributed by atoms with Gasteiger partial charge in [0.1, 0.15) is 17.4 Å². The predicted molar refractivity (Wildman–Crippen MR) is 103 cm³/mol. The molecule has 0 aliphatic carbocycles. The third-order valence-corrected chi connectivity index (χ3v) is 4.92. The van der Waals surface area contributed by atoms with Gasteiger partial charge in [0.05, 0.1) is 31.3 Å². The van der Waals surface area contributed by atoms with E-state index < -0.39 is 11.9 Å². The molecule has 0 spiro atoms. The minimum Gasteiger partial charge on any atom is -0.463 e.